The molecule has 4 aromatic rings. The first-order valence-corrected chi connectivity index (χ1v) is 12.8. The van der Waals surface area contributed by atoms with Crippen LogP contribution in [0.5, 0.6) is 5.88 Å². The lowest BCUT2D eigenvalue weighted by Gasteiger charge is -2.30. The highest BCUT2D eigenvalue weighted by Gasteiger charge is 2.26. The van der Waals surface area contributed by atoms with Crippen molar-refractivity contribution >= 4 is 28.7 Å². The number of aromatic carboxylic acids is 1. The molecule has 0 unspecified atom stereocenters. The average molecular weight is 538 g/mol. The first-order valence-electron chi connectivity index (χ1n) is 12.4. The van der Waals surface area contributed by atoms with E-state index in [0.717, 1.165) is 42.9 Å². The fourth-order valence-corrected chi connectivity index (χ4v) is 5.01. The van der Waals surface area contributed by atoms with Gasteiger partial charge in [0.25, 0.3) is 0 Å². The van der Waals surface area contributed by atoms with Crippen LogP contribution in [0, 0.1) is 5.82 Å². The maximum Gasteiger partial charge on any atom is 0.354 e. The van der Waals surface area contributed by atoms with E-state index in [2.05, 4.69) is 14.9 Å². The zero-order valence-corrected chi connectivity index (χ0v) is 21.2. The second kappa shape index (κ2) is 10.3. The molecule has 0 aliphatic carbocycles. The third-order valence-electron chi connectivity index (χ3n) is 7.01. The lowest BCUT2D eigenvalue weighted by atomic mass is 10.0. The van der Waals surface area contributed by atoms with Gasteiger partial charge in [-0.3, -0.25) is 4.90 Å². The topological polar surface area (TPSA) is 103 Å². The van der Waals surface area contributed by atoms with Gasteiger partial charge in [-0.05, 0) is 48.7 Å². The van der Waals surface area contributed by atoms with E-state index in [1.54, 1.807) is 24.4 Å². The summed E-state index contributed by atoms with van der Waals surface area (Å²) in [6, 6.07) is 9.67. The van der Waals surface area contributed by atoms with Gasteiger partial charge in [-0.15, -0.1) is 0 Å². The van der Waals surface area contributed by atoms with Crippen LogP contribution in [-0.4, -0.2) is 54.8 Å². The zero-order valence-electron chi connectivity index (χ0n) is 20.4. The van der Waals surface area contributed by atoms with Gasteiger partial charge < -0.3 is 19.1 Å². The lowest BCUT2D eigenvalue weighted by molar-refractivity contribution is -0.0592. The van der Waals surface area contributed by atoms with Crippen molar-refractivity contribution in [2.45, 2.75) is 45.2 Å². The van der Waals surface area contributed by atoms with Crippen LogP contribution in [0.2, 0.25) is 5.02 Å². The van der Waals surface area contributed by atoms with E-state index >= 15 is 0 Å². The zero-order chi connectivity index (χ0) is 26.2. The van der Waals surface area contributed by atoms with Gasteiger partial charge in [-0.1, -0.05) is 17.7 Å². The highest BCUT2D eigenvalue weighted by Crippen LogP contribution is 2.29. The van der Waals surface area contributed by atoms with E-state index in [9.17, 15) is 14.3 Å². The molecule has 9 nitrogen and oxygen atoms in total. The number of halogens is 2. The standard InChI is InChI=1S/C27H25ClFN5O4/c28-18-2-1-17(21(29)11-18)15-38-26-20-13-33(9-6-16(20)5-8-30-26)14-24-31-22-3-4-23(27(35)36)32-25(22)34(24)12-19-7-10-37-19/h1-5,8,11,19H,6-7,9-10,12-15H2,(H,35,36)/t19-/m0/s1. The van der Waals surface area contributed by atoms with E-state index in [4.69, 9.17) is 26.1 Å². The molecule has 0 amide bonds. The molecule has 0 radical (unpaired) electrons. The summed E-state index contributed by atoms with van der Waals surface area (Å²) in [6.07, 6.45) is 3.51. The molecule has 0 saturated carbocycles. The van der Waals surface area contributed by atoms with Crippen molar-refractivity contribution < 1.29 is 23.8 Å². The van der Waals surface area contributed by atoms with Gasteiger partial charge in [0.15, 0.2) is 11.3 Å². The van der Waals surface area contributed by atoms with E-state index in [0.29, 0.717) is 47.3 Å². The predicted octanol–water partition coefficient (Wildman–Crippen LogP) is 4.24. The maximum atomic E-state index is 14.3. The molecule has 2 aliphatic rings. The summed E-state index contributed by atoms with van der Waals surface area (Å²) in [5.74, 6) is -0.223. The molecule has 1 atom stereocenters. The van der Waals surface area contributed by atoms with Crippen molar-refractivity contribution in [3.63, 3.8) is 0 Å². The summed E-state index contributed by atoms with van der Waals surface area (Å²) < 4.78 is 27.9. The van der Waals surface area contributed by atoms with Gasteiger partial charge in [-0.25, -0.2) is 24.1 Å². The number of imidazole rings is 1. The molecule has 2 aliphatic heterocycles. The van der Waals surface area contributed by atoms with Crippen molar-refractivity contribution in [3.05, 3.63) is 81.6 Å². The van der Waals surface area contributed by atoms with Crippen LogP contribution in [0.3, 0.4) is 0 Å². The summed E-state index contributed by atoms with van der Waals surface area (Å²) in [7, 11) is 0. The van der Waals surface area contributed by atoms with Crippen LogP contribution in [-0.2, 0) is 37.4 Å². The lowest BCUT2D eigenvalue weighted by Crippen LogP contribution is -2.34. The summed E-state index contributed by atoms with van der Waals surface area (Å²) in [5.41, 5.74) is 3.69. The Morgan fingerprint density at radius 1 is 1.24 bits per heavy atom. The van der Waals surface area contributed by atoms with Crippen LogP contribution in [0.1, 0.15) is 39.4 Å². The molecule has 1 saturated heterocycles. The van der Waals surface area contributed by atoms with Gasteiger partial charge in [0, 0.05) is 42.0 Å². The average Bonchev–Trinajstić information content (AvgIpc) is 3.21. The van der Waals surface area contributed by atoms with Gasteiger partial charge >= 0.3 is 5.97 Å². The quantitative estimate of drug-likeness (QED) is 0.356. The summed E-state index contributed by atoms with van der Waals surface area (Å²) >= 11 is 5.87. The first-order chi connectivity index (χ1) is 18.4. The van der Waals surface area contributed by atoms with Crippen LogP contribution < -0.4 is 4.74 Å². The Kier molecular flexibility index (Phi) is 6.69. The number of ether oxygens (including phenoxy) is 2. The van der Waals surface area contributed by atoms with Crippen LogP contribution in [0.15, 0.2) is 42.6 Å². The summed E-state index contributed by atoms with van der Waals surface area (Å²) in [6.45, 7) is 3.25. The van der Waals surface area contributed by atoms with Crippen molar-refractivity contribution in [1.29, 1.82) is 0 Å². The van der Waals surface area contributed by atoms with Crippen LogP contribution >= 0.6 is 11.6 Å². The minimum absolute atomic E-state index is 0.0170. The molecule has 1 N–H and O–H groups in total. The number of hydrogen-bond donors (Lipinski definition) is 1. The van der Waals surface area contributed by atoms with E-state index in [1.807, 2.05) is 10.6 Å². The molecule has 11 heteroatoms. The number of carbonyl (C=O) groups is 1. The molecule has 1 aromatic carbocycles. The molecular weight excluding hydrogens is 513 g/mol. The highest BCUT2D eigenvalue weighted by atomic mass is 35.5. The molecule has 196 valence electrons. The molecule has 0 spiro atoms. The Morgan fingerprint density at radius 2 is 2.11 bits per heavy atom. The maximum absolute atomic E-state index is 14.3. The number of fused-ring (bicyclic) bond motifs is 2. The Morgan fingerprint density at radius 3 is 2.87 bits per heavy atom. The fourth-order valence-electron chi connectivity index (χ4n) is 4.85. The number of nitrogens with zero attached hydrogens (tertiary/aromatic N) is 5. The largest absolute Gasteiger partial charge is 0.477 e. The van der Waals surface area contributed by atoms with Gasteiger partial charge in [0.05, 0.1) is 19.2 Å². The van der Waals surface area contributed by atoms with Gasteiger partial charge in [0.2, 0.25) is 5.88 Å². The van der Waals surface area contributed by atoms with E-state index in [1.165, 1.54) is 12.1 Å². The Hall–Kier alpha value is -3.60. The van der Waals surface area contributed by atoms with Crippen molar-refractivity contribution in [1.82, 2.24) is 24.4 Å². The number of carboxylic acids is 1. The van der Waals surface area contributed by atoms with Gasteiger partial charge in [-0.2, -0.15) is 0 Å². The monoisotopic (exact) mass is 537 g/mol. The number of carboxylic acid groups (broad SMARTS) is 1. The Bertz CT molecular complexity index is 1520. The smallest absolute Gasteiger partial charge is 0.354 e. The molecule has 38 heavy (non-hydrogen) atoms. The second-order valence-corrected chi connectivity index (χ2v) is 9.94. The molecule has 1 fully saturated rings. The van der Waals surface area contributed by atoms with E-state index in [-0.39, 0.29) is 18.4 Å². The minimum Gasteiger partial charge on any atom is -0.477 e. The third-order valence-corrected chi connectivity index (χ3v) is 7.24. The first kappa shape index (κ1) is 24.7. The number of benzene rings is 1. The highest BCUT2D eigenvalue weighted by molar-refractivity contribution is 6.30. The fraction of sp³-hybridized carbons (Fsp3) is 0.333. The number of rotatable bonds is 8. The van der Waals surface area contributed by atoms with Crippen molar-refractivity contribution in [2.24, 2.45) is 0 Å². The number of aromatic nitrogens is 4. The molecule has 3 aromatic heterocycles. The summed E-state index contributed by atoms with van der Waals surface area (Å²) in [5, 5.41) is 9.77. The summed E-state index contributed by atoms with van der Waals surface area (Å²) in [4.78, 5) is 27.4. The van der Waals surface area contributed by atoms with Gasteiger partial charge in [0.1, 0.15) is 23.8 Å². The SMILES string of the molecule is O=C(O)c1ccc2nc(CN3CCc4ccnc(OCc5ccc(Cl)cc5F)c4C3)n(C[C@@H]3CCO3)c2n1. The van der Waals surface area contributed by atoms with Crippen LogP contribution in [0.25, 0.3) is 11.2 Å². The molecule has 5 heterocycles. The number of pyridine rings is 2. The van der Waals surface area contributed by atoms with Crippen LogP contribution in [0.4, 0.5) is 4.39 Å². The third kappa shape index (κ3) is 4.94. The Balaban J connectivity index is 1.24. The predicted molar refractivity (Wildman–Crippen MR) is 137 cm³/mol. The Labute approximate surface area is 222 Å². The normalized spacial score (nSPS) is 17.3. The van der Waals surface area contributed by atoms with E-state index < -0.39 is 11.8 Å². The molecule has 6 rings (SSSR count). The van der Waals surface area contributed by atoms with Crippen molar-refractivity contribution in [3.8, 4) is 5.88 Å². The molecule has 0 bridgehead atoms. The van der Waals surface area contributed by atoms with Crippen molar-refractivity contribution in [2.75, 3.05) is 13.2 Å². The second-order valence-electron chi connectivity index (χ2n) is 9.50. The minimum atomic E-state index is -1.08. The number of hydrogen-bond acceptors (Lipinski definition) is 7. The molecular formula is C27H25ClFN5O4.